The van der Waals surface area contributed by atoms with Crippen LogP contribution in [0.25, 0.3) is 11.0 Å². The van der Waals surface area contributed by atoms with Gasteiger partial charge in [-0.25, -0.2) is 4.98 Å². The predicted molar refractivity (Wildman–Crippen MR) is 108 cm³/mol. The third kappa shape index (κ3) is 4.49. The molecule has 1 unspecified atom stereocenters. The highest BCUT2D eigenvalue weighted by Gasteiger charge is 2.14. The number of nitrogens with zero attached hydrogens (tertiary/aromatic N) is 2. The zero-order valence-corrected chi connectivity index (χ0v) is 15.9. The van der Waals surface area contributed by atoms with E-state index in [4.69, 9.17) is 0 Å². The molecule has 3 rings (SSSR count). The van der Waals surface area contributed by atoms with Crippen LogP contribution in [0.1, 0.15) is 6.92 Å². The number of carbonyl (C=O) groups excluding carboxylic acids is 1. The van der Waals surface area contributed by atoms with Gasteiger partial charge in [-0.05, 0) is 59.8 Å². The summed E-state index contributed by atoms with van der Waals surface area (Å²) in [6, 6.07) is 15.3. The number of nitrogens with one attached hydrogen (secondary N) is 2. The lowest BCUT2D eigenvalue weighted by molar-refractivity contribution is -0.116. The number of rotatable bonds is 6. The number of fused-ring (bicyclic) bond motifs is 1. The van der Waals surface area contributed by atoms with Crippen LogP contribution < -0.4 is 10.6 Å². The van der Waals surface area contributed by atoms with Crippen molar-refractivity contribution < 1.29 is 9.90 Å². The first kappa shape index (κ1) is 17.7. The maximum absolute atomic E-state index is 12.5. The largest absolute Gasteiger partial charge is 0.392 e. The minimum atomic E-state index is -0.506. The number of amides is 1. The number of aliphatic hydroxyl groups excluding tert-OH is 1. The molecule has 0 fully saturated rings. The monoisotopic (exact) mass is 450 g/mol. The Morgan fingerprint density at radius 1 is 1.28 bits per heavy atom. The van der Waals surface area contributed by atoms with E-state index >= 15 is 0 Å². The number of imidazole rings is 1. The van der Waals surface area contributed by atoms with Crippen LogP contribution in [0.3, 0.4) is 0 Å². The zero-order valence-electron chi connectivity index (χ0n) is 13.7. The Morgan fingerprint density at radius 3 is 2.84 bits per heavy atom. The molecule has 0 aliphatic rings. The van der Waals surface area contributed by atoms with Crippen molar-refractivity contribution in [2.24, 2.45) is 0 Å². The summed E-state index contributed by atoms with van der Waals surface area (Å²) in [6.07, 6.45) is -0.506. The smallest absolute Gasteiger partial charge is 0.244 e. The van der Waals surface area contributed by atoms with Gasteiger partial charge in [-0.1, -0.05) is 18.2 Å². The summed E-state index contributed by atoms with van der Waals surface area (Å²) in [7, 11) is 0. The van der Waals surface area contributed by atoms with Gasteiger partial charge in [0.2, 0.25) is 11.9 Å². The summed E-state index contributed by atoms with van der Waals surface area (Å²) in [6.45, 7) is 2.19. The number of hydrogen-bond acceptors (Lipinski definition) is 4. The lowest BCUT2D eigenvalue weighted by Crippen LogP contribution is -2.22. The molecule has 0 bridgehead atoms. The summed E-state index contributed by atoms with van der Waals surface area (Å²) in [5.41, 5.74) is 2.44. The van der Waals surface area contributed by atoms with Crippen LogP contribution in [0.5, 0.6) is 0 Å². The molecule has 1 atom stereocenters. The van der Waals surface area contributed by atoms with E-state index in [1.807, 2.05) is 53.1 Å². The lowest BCUT2D eigenvalue weighted by Gasteiger charge is -2.12. The van der Waals surface area contributed by atoms with Gasteiger partial charge in [-0.3, -0.25) is 4.79 Å². The lowest BCUT2D eigenvalue weighted by atomic mass is 10.3. The minimum absolute atomic E-state index is 0.133. The number of anilines is 2. The number of benzene rings is 2. The first-order valence-corrected chi connectivity index (χ1v) is 9.03. The topological polar surface area (TPSA) is 79.2 Å². The van der Waals surface area contributed by atoms with Crippen molar-refractivity contribution in [2.75, 3.05) is 17.2 Å². The Bertz CT molecular complexity index is 892. The molecule has 0 radical (unpaired) electrons. The molecule has 7 heteroatoms. The second kappa shape index (κ2) is 7.83. The molecule has 2 aromatic carbocycles. The quantitative estimate of drug-likeness (QED) is 0.505. The van der Waals surface area contributed by atoms with Gasteiger partial charge in [-0.15, -0.1) is 0 Å². The highest BCUT2D eigenvalue weighted by molar-refractivity contribution is 14.1. The standard InChI is InChI=1S/C18H19IN4O2/c1-12(24)10-20-18-22-15-7-2-3-8-16(15)23(18)11-17(25)21-14-6-4-5-13(19)9-14/h2-9,12,24H,10-11H2,1H3,(H,20,22)(H,21,25). The summed E-state index contributed by atoms with van der Waals surface area (Å²) >= 11 is 2.21. The zero-order chi connectivity index (χ0) is 17.8. The normalized spacial score (nSPS) is 12.1. The van der Waals surface area contributed by atoms with Gasteiger partial charge in [-0.2, -0.15) is 0 Å². The third-order valence-corrected chi connectivity index (χ3v) is 4.29. The molecule has 0 saturated carbocycles. The average Bonchev–Trinajstić information content (AvgIpc) is 2.91. The van der Waals surface area contributed by atoms with Crippen molar-refractivity contribution in [3.8, 4) is 0 Å². The minimum Gasteiger partial charge on any atom is -0.392 e. The molecule has 0 aliphatic heterocycles. The van der Waals surface area contributed by atoms with Crippen LogP contribution in [-0.4, -0.2) is 33.2 Å². The van der Waals surface area contributed by atoms with E-state index in [2.05, 4.69) is 38.2 Å². The Hall–Kier alpha value is -2.13. The SMILES string of the molecule is CC(O)CNc1nc2ccccc2n1CC(=O)Nc1cccc(I)c1. The van der Waals surface area contributed by atoms with E-state index in [-0.39, 0.29) is 12.5 Å². The number of aliphatic hydroxyl groups is 1. The predicted octanol–water partition coefficient (Wildman–Crippen LogP) is 3.07. The second-order valence-electron chi connectivity index (χ2n) is 5.80. The molecular formula is C18H19IN4O2. The molecule has 1 heterocycles. The molecule has 130 valence electrons. The Morgan fingerprint density at radius 2 is 2.08 bits per heavy atom. The maximum Gasteiger partial charge on any atom is 0.244 e. The molecular weight excluding hydrogens is 431 g/mol. The van der Waals surface area contributed by atoms with Crippen molar-refractivity contribution in [2.45, 2.75) is 19.6 Å². The molecule has 0 aliphatic carbocycles. The fourth-order valence-electron chi connectivity index (χ4n) is 2.52. The molecule has 3 N–H and O–H groups in total. The summed E-state index contributed by atoms with van der Waals surface area (Å²) in [5.74, 6) is 0.435. The van der Waals surface area contributed by atoms with Crippen LogP contribution in [0.4, 0.5) is 11.6 Å². The van der Waals surface area contributed by atoms with Gasteiger partial charge in [0.05, 0.1) is 17.1 Å². The Labute approximate surface area is 159 Å². The highest BCUT2D eigenvalue weighted by atomic mass is 127. The van der Waals surface area contributed by atoms with Crippen LogP contribution in [0, 0.1) is 3.57 Å². The van der Waals surface area contributed by atoms with Crippen molar-refractivity contribution in [1.82, 2.24) is 9.55 Å². The molecule has 6 nitrogen and oxygen atoms in total. The third-order valence-electron chi connectivity index (χ3n) is 3.62. The first-order chi connectivity index (χ1) is 12.0. The van der Waals surface area contributed by atoms with E-state index in [1.165, 1.54) is 0 Å². The molecule has 3 aromatic rings. The summed E-state index contributed by atoms with van der Waals surface area (Å²) < 4.78 is 2.88. The number of para-hydroxylation sites is 2. The summed E-state index contributed by atoms with van der Waals surface area (Å²) in [4.78, 5) is 17.0. The fraction of sp³-hybridized carbons (Fsp3) is 0.222. The highest BCUT2D eigenvalue weighted by Crippen LogP contribution is 2.20. The van der Waals surface area contributed by atoms with E-state index < -0.39 is 6.10 Å². The van der Waals surface area contributed by atoms with Crippen LogP contribution in [0.15, 0.2) is 48.5 Å². The van der Waals surface area contributed by atoms with Crippen molar-refractivity contribution in [3.63, 3.8) is 0 Å². The number of carbonyl (C=O) groups is 1. The van der Waals surface area contributed by atoms with E-state index in [9.17, 15) is 9.90 Å². The fourth-order valence-corrected chi connectivity index (χ4v) is 3.06. The van der Waals surface area contributed by atoms with Gasteiger partial charge in [0.25, 0.3) is 0 Å². The van der Waals surface area contributed by atoms with Crippen molar-refractivity contribution >= 4 is 51.2 Å². The van der Waals surface area contributed by atoms with Gasteiger partial charge in [0, 0.05) is 15.8 Å². The maximum atomic E-state index is 12.5. The Kier molecular flexibility index (Phi) is 5.54. The molecule has 0 spiro atoms. The Balaban J connectivity index is 1.83. The molecule has 0 saturated heterocycles. The first-order valence-electron chi connectivity index (χ1n) is 7.95. The van der Waals surface area contributed by atoms with Crippen LogP contribution >= 0.6 is 22.6 Å². The van der Waals surface area contributed by atoms with Gasteiger partial charge in [0.15, 0.2) is 0 Å². The van der Waals surface area contributed by atoms with Crippen molar-refractivity contribution in [1.29, 1.82) is 0 Å². The number of hydrogen-bond donors (Lipinski definition) is 3. The molecule has 1 amide bonds. The van der Waals surface area contributed by atoms with E-state index in [0.717, 1.165) is 20.3 Å². The van der Waals surface area contributed by atoms with Crippen LogP contribution in [-0.2, 0) is 11.3 Å². The van der Waals surface area contributed by atoms with Gasteiger partial charge < -0.3 is 20.3 Å². The van der Waals surface area contributed by atoms with Gasteiger partial charge >= 0.3 is 0 Å². The second-order valence-corrected chi connectivity index (χ2v) is 7.04. The molecule has 25 heavy (non-hydrogen) atoms. The number of halogens is 1. The van der Waals surface area contributed by atoms with Crippen LogP contribution in [0.2, 0.25) is 0 Å². The molecule has 1 aromatic heterocycles. The van der Waals surface area contributed by atoms with Crippen molar-refractivity contribution in [3.05, 3.63) is 52.1 Å². The van der Waals surface area contributed by atoms with E-state index in [1.54, 1.807) is 6.92 Å². The number of aromatic nitrogens is 2. The van der Waals surface area contributed by atoms with Gasteiger partial charge in [0.1, 0.15) is 6.54 Å². The van der Waals surface area contributed by atoms with E-state index in [0.29, 0.717) is 12.5 Å². The average molecular weight is 450 g/mol. The summed E-state index contributed by atoms with van der Waals surface area (Å²) in [5, 5.41) is 15.5.